The van der Waals surface area contributed by atoms with Crippen LogP contribution < -0.4 is 14.8 Å². The Morgan fingerprint density at radius 3 is 2.38 bits per heavy atom. The molecule has 0 aromatic heterocycles. The number of halogens is 3. The molecule has 2 aromatic rings. The number of nitrogens with zero attached hydrogens (tertiary/aromatic N) is 2. The number of ether oxygens (including phenoxy) is 2. The van der Waals surface area contributed by atoms with Crippen molar-refractivity contribution in [3.63, 3.8) is 0 Å². The fourth-order valence-corrected chi connectivity index (χ4v) is 3.45. The van der Waals surface area contributed by atoms with Gasteiger partial charge in [0.05, 0.1) is 7.11 Å². The molecule has 0 radical (unpaired) electrons. The van der Waals surface area contributed by atoms with Gasteiger partial charge in [0.1, 0.15) is 11.5 Å². The Kier molecular flexibility index (Phi) is 8.21. The van der Waals surface area contributed by atoms with Gasteiger partial charge in [0.15, 0.2) is 6.61 Å². The molecule has 1 aliphatic rings. The molecule has 0 unspecified atom stereocenters. The molecule has 1 N–H and O–H groups in total. The third-order valence-electron chi connectivity index (χ3n) is 5.28. The fraction of sp³-hybridized carbons (Fsp3) is 0.435. The number of hydrogen-bond donors (Lipinski definition) is 1. The van der Waals surface area contributed by atoms with Crippen LogP contribution >= 0.6 is 0 Å². The van der Waals surface area contributed by atoms with Crippen molar-refractivity contribution in [3.8, 4) is 11.5 Å². The molecular weight excluding hydrogens is 423 g/mol. The number of carbonyl (C=O) groups is 1. The molecule has 1 heterocycles. The highest BCUT2D eigenvalue weighted by molar-refractivity contribution is 5.74. The number of piperazine rings is 1. The summed E-state index contributed by atoms with van der Waals surface area (Å²) in [5.74, 6) is 0.966. The summed E-state index contributed by atoms with van der Waals surface area (Å²) in [5, 5.41) is 2.83. The van der Waals surface area contributed by atoms with Crippen molar-refractivity contribution in [1.29, 1.82) is 0 Å². The number of hydrogen-bond acceptors (Lipinski definition) is 4. The van der Waals surface area contributed by atoms with Crippen molar-refractivity contribution < 1.29 is 27.4 Å². The van der Waals surface area contributed by atoms with Crippen molar-refractivity contribution in [1.82, 2.24) is 15.1 Å². The molecule has 9 heteroatoms. The summed E-state index contributed by atoms with van der Waals surface area (Å²) in [5.41, 5.74) is 1.92. The summed E-state index contributed by atoms with van der Waals surface area (Å²) < 4.78 is 46.8. The maximum Gasteiger partial charge on any atom is 0.422 e. The predicted octanol–water partition coefficient (Wildman–Crippen LogP) is 3.71. The van der Waals surface area contributed by atoms with E-state index in [9.17, 15) is 18.0 Å². The summed E-state index contributed by atoms with van der Waals surface area (Å²) in [6.07, 6.45) is -3.45. The lowest BCUT2D eigenvalue weighted by Gasteiger charge is -2.34. The van der Waals surface area contributed by atoms with Gasteiger partial charge in [0.25, 0.3) is 0 Å². The van der Waals surface area contributed by atoms with Gasteiger partial charge < -0.3 is 19.7 Å². The van der Waals surface area contributed by atoms with Crippen molar-refractivity contribution in [2.24, 2.45) is 0 Å². The lowest BCUT2D eigenvalue weighted by atomic mass is 10.1. The Morgan fingerprint density at radius 1 is 1.00 bits per heavy atom. The van der Waals surface area contributed by atoms with Crippen LogP contribution in [-0.4, -0.2) is 68.4 Å². The van der Waals surface area contributed by atoms with E-state index in [0.29, 0.717) is 18.7 Å². The second-order valence-corrected chi connectivity index (χ2v) is 7.64. The summed E-state index contributed by atoms with van der Waals surface area (Å²) in [7, 11) is 1.65. The number of carbonyl (C=O) groups excluding carboxylic acids is 1. The first-order chi connectivity index (χ1) is 15.3. The first-order valence-electron chi connectivity index (χ1n) is 10.5. The highest BCUT2D eigenvalue weighted by Gasteiger charge is 2.28. The highest BCUT2D eigenvalue weighted by atomic mass is 19.4. The third-order valence-corrected chi connectivity index (χ3v) is 5.28. The summed E-state index contributed by atoms with van der Waals surface area (Å²) in [6.45, 7) is 2.65. The molecule has 1 saturated heterocycles. The number of methoxy groups -OCH3 is 1. The lowest BCUT2D eigenvalue weighted by molar-refractivity contribution is -0.153. The van der Waals surface area contributed by atoms with Crippen LogP contribution in [0.5, 0.6) is 11.5 Å². The molecule has 1 aliphatic heterocycles. The molecule has 6 nitrogen and oxygen atoms in total. The number of rotatable bonds is 8. The topological polar surface area (TPSA) is 54.0 Å². The maximum atomic E-state index is 12.5. The Labute approximate surface area is 185 Å². The van der Waals surface area contributed by atoms with Crippen molar-refractivity contribution >= 4 is 6.03 Å². The monoisotopic (exact) mass is 451 g/mol. The van der Waals surface area contributed by atoms with E-state index in [1.54, 1.807) is 24.1 Å². The third kappa shape index (κ3) is 7.64. The van der Waals surface area contributed by atoms with Gasteiger partial charge in [-0.25, -0.2) is 4.79 Å². The first-order valence-corrected chi connectivity index (χ1v) is 10.5. The molecule has 0 bridgehead atoms. The van der Waals surface area contributed by atoms with Crippen LogP contribution in [-0.2, 0) is 13.0 Å². The van der Waals surface area contributed by atoms with Gasteiger partial charge in [0.2, 0.25) is 0 Å². The van der Waals surface area contributed by atoms with E-state index in [-0.39, 0.29) is 18.3 Å². The minimum absolute atomic E-state index is 0.125. The molecule has 32 heavy (non-hydrogen) atoms. The van der Waals surface area contributed by atoms with Crippen molar-refractivity contribution in [2.75, 3.05) is 46.4 Å². The average molecular weight is 451 g/mol. The van der Waals surface area contributed by atoms with E-state index in [2.05, 4.69) is 22.3 Å². The number of urea groups is 1. The van der Waals surface area contributed by atoms with Crippen LogP contribution in [0.2, 0.25) is 0 Å². The number of benzene rings is 2. The van der Waals surface area contributed by atoms with Crippen LogP contribution in [0.25, 0.3) is 0 Å². The van der Waals surface area contributed by atoms with Crippen LogP contribution in [0.3, 0.4) is 0 Å². The molecule has 0 aliphatic carbocycles. The minimum Gasteiger partial charge on any atom is -0.497 e. The van der Waals surface area contributed by atoms with Gasteiger partial charge in [-0.05, 0) is 41.8 Å². The zero-order chi connectivity index (χ0) is 23.0. The molecule has 2 aromatic carbocycles. The van der Waals surface area contributed by atoms with E-state index in [4.69, 9.17) is 9.47 Å². The Hall–Kier alpha value is -2.94. The lowest BCUT2D eigenvalue weighted by Crippen LogP contribution is -2.51. The van der Waals surface area contributed by atoms with E-state index < -0.39 is 12.8 Å². The quantitative estimate of drug-likeness (QED) is 0.665. The van der Waals surface area contributed by atoms with Crippen LogP contribution in [0.15, 0.2) is 48.5 Å². The maximum absolute atomic E-state index is 12.5. The highest BCUT2D eigenvalue weighted by Crippen LogP contribution is 2.19. The van der Waals surface area contributed by atoms with Crippen LogP contribution in [0.4, 0.5) is 18.0 Å². The van der Waals surface area contributed by atoms with Crippen molar-refractivity contribution in [3.05, 3.63) is 59.7 Å². The second kappa shape index (κ2) is 11.1. The Balaban J connectivity index is 1.38. The minimum atomic E-state index is -4.39. The van der Waals surface area contributed by atoms with Gasteiger partial charge in [-0.3, -0.25) is 4.90 Å². The van der Waals surface area contributed by atoms with Gasteiger partial charge in [-0.1, -0.05) is 24.3 Å². The normalized spacial score (nSPS) is 14.8. The summed E-state index contributed by atoms with van der Waals surface area (Å²) in [6, 6.07) is 14.2. The van der Waals surface area contributed by atoms with E-state index in [0.717, 1.165) is 31.8 Å². The molecular formula is C23H28F3N3O3. The first kappa shape index (κ1) is 23.7. The van der Waals surface area contributed by atoms with Crippen molar-refractivity contribution in [2.45, 2.75) is 19.1 Å². The summed E-state index contributed by atoms with van der Waals surface area (Å²) >= 11 is 0. The van der Waals surface area contributed by atoms with Crippen LogP contribution in [0.1, 0.15) is 11.1 Å². The van der Waals surface area contributed by atoms with Gasteiger partial charge in [-0.2, -0.15) is 13.2 Å². The number of amides is 2. The zero-order valence-corrected chi connectivity index (χ0v) is 18.0. The van der Waals surface area contributed by atoms with E-state index in [1.165, 1.54) is 17.7 Å². The largest absolute Gasteiger partial charge is 0.497 e. The van der Waals surface area contributed by atoms with E-state index in [1.807, 2.05) is 12.1 Å². The van der Waals surface area contributed by atoms with Gasteiger partial charge in [0, 0.05) is 39.3 Å². The standard InChI is InChI=1S/C23H28F3N3O3/c1-31-20-7-5-18(6-8-20)9-10-28-11-13-29(14-12-28)22(30)27-16-19-3-2-4-21(15-19)32-17-23(24,25)26/h2-8,15H,9-14,16-17H2,1H3,(H,27,30). The number of alkyl halides is 3. The van der Waals surface area contributed by atoms with Gasteiger partial charge >= 0.3 is 12.2 Å². The molecule has 0 saturated carbocycles. The second-order valence-electron chi connectivity index (χ2n) is 7.64. The SMILES string of the molecule is COc1ccc(CCN2CCN(C(=O)NCc3cccc(OCC(F)(F)F)c3)CC2)cc1. The average Bonchev–Trinajstić information content (AvgIpc) is 2.80. The van der Waals surface area contributed by atoms with Crippen LogP contribution in [0, 0.1) is 0 Å². The van der Waals surface area contributed by atoms with E-state index >= 15 is 0 Å². The molecule has 0 atom stereocenters. The number of nitrogens with one attached hydrogen (secondary N) is 1. The molecule has 2 amide bonds. The fourth-order valence-electron chi connectivity index (χ4n) is 3.45. The molecule has 174 valence electrons. The Bertz CT molecular complexity index is 867. The molecule has 0 spiro atoms. The molecule has 3 rings (SSSR count). The smallest absolute Gasteiger partial charge is 0.422 e. The molecule has 1 fully saturated rings. The predicted molar refractivity (Wildman–Crippen MR) is 115 cm³/mol. The Morgan fingerprint density at radius 2 is 1.72 bits per heavy atom. The van der Waals surface area contributed by atoms with Gasteiger partial charge in [-0.15, -0.1) is 0 Å². The zero-order valence-electron chi connectivity index (χ0n) is 18.0. The summed E-state index contributed by atoms with van der Waals surface area (Å²) in [4.78, 5) is 16.6.